The number of nitrogens with zero attached hydrogens (tertiary/aromatic N) is 4. The molecular weight excluding hydrogens is 392 g/mol. The minimum atomic E-state index is -3.42. The fourth-order valence-electron chi connectivity index (χ4n) is 3.07. The fraction of sp³-hybridized carbons (Fsp3) is 0.350. The van der Waals surface area contributed by atoms with Crippen LogP contribution in [0.2, 0.25) is 0 Å². The van der Waals surface area contributed by atoms with Gasteiger partial charge in [-0.3, -0.25) is 9.59 Å². The lowest BCUT2D eigenvalue weighted by Gasteiger charge is -2.29. The molecular formula is C20H24N4O4S. The molecule has 1 aromatic carbocycles. The zero-order valence-electron chi connectivity index (χ0n) is 16.7. The number of fused-ring (bicyclic) bond motifs is 1. The van der Waals surface area contributed by atoms with Gasteiger partial charge in [0.1, 0.15) is 5.84 Å². The maximum Gasteiger partial charge on any atom is 0.256 e. The molecule has 2 amide bonds. The van der Waals surface area contributed by atoms with Crippen LogP contribution in [-0.2, 0) is 21.4 Å². The summed E-state index contributed by atoms with van der Waals surface area (Å²) in [6.07, 6.45) is 4.80. The lowest BCUT2D eigenvalue weighted by atomic mass is 10.1. The summed E-state index contributed by atoms with van der Waals surface area (Å²) in [5, 5.41) is 0. The largest absolute Gasteiger partial charge is 0.345 e. The second-order valence-corrected chi connectivity index (χ2v) is 8.82. The number of rotatable bonds is 5. The van der Waals surface area contributed by atoms with Gasteiger partial charge < -0.3 is 14.7 Å². The Balaban J connectivity index is 1.72. The van der Waals surface area contributed by atoms with Gasteiger partial charge in [-0.25, -0.2) is 8.42 Å². The van der Waals surface area contributed by atoms with E-state index >= 15 is 0 Å². The minimum absolute atomic E-state index is 0.0708. The first-order valence-corrected chi connectivity index (χ1v) is 10.9. The molecule has 1 aromatic rings. The minimum Gasteiger partial charge on any atom is -0.345 e. The van der Waals surface area contributed by atoms with E-state index in [2.05, 4.69) is 4.40 Å². The molecule has 0 spiro atoms. The topological polar surface area (TPSA) is 90.4 Å². The zero-order chi connectivity index (χ0) is 21.2. The van der Waals surface area contributed by atoms with Crippen molar-refractivity contribution >= 4 is 27.7 Å². The maximum atomic E-state index is 13.0. The zero-order valence-corrected chi connectivity index (χ0v) is 17.5. The summed E-state index contributed by atoms with van der Waals surface area (Å²) in [6.45, 7) is 3.09. The smallest absolute Gasteiger partial charge is 0.256 e. The van der Waals surface area contributed by atoms with Crippen molar-refractivity contribution in [2.45, 2.75) is 13.5 Å². The monoisotopic (exact) mass is 416 g/mol. The molecule has 9 heteroatoms. The lowest BCUT2D eigenvalue weighted by molar-refractivity contribution is -0.127. The van der Waals surface area contributed by atoms with Crippen LogP contribution in [0.3, 0.4) is 0 Å². The second-order valence-electron chi connectivity index (χ2n) is 7.06. The summed E-state index contributed by atoms with van der Waals surface area (Å²) in [5.74, 6) is 0.0397. The van der Waals surface area contributed by atoms with E-state index in [-0.39, 0.29) is 24.1 Å². The predicted molar refractivity (Wildman–Crippen MR) is 111 cm³/mol. The van der Waals surface area contributed by atoms with Crippen molar-refractivity contribution in [1.82, 2.24) is 14.7 Å². The van der Waals surface area contributed by atoms with Gasteiger partial charge in [-0.2, -0.15) is 0 Å². The summed E-state index contributed by atoms with van der Waals surface area (Å²) < 4.78 is 27.0. The Labute approximate surface area is 170 Å². The number of benzene rings is 1. The van der Waals surface area contributed by atoms with Crippen LogP contribution in [0, 0.1) is 0 Å². The molecule has 0 fully saturated rings. The van der Waals surface area contributed by atoms with Crippen molar-refractivity contribution in [3.8, 4) is 0 Å². The lowest BCUT2D eigenvalue weighted by Crippen LogP contribution is -2.39. The van der Waals surface area contributed by atoms with Crippen LogP contribution in [0.5, 0.6) is 0 Å². The van der Waals surface area contributed by atoms with Crippen molar-refractivity contribution < 1.29 is 18.0 Å². The standard InChI is InChI=1S/C20H24N4O4S/c1-4-23(13-15-5-7-16(8-6-15)19(25)22(2)3)20(26)17-9-10-18-21-29(27,28)12-11-24(18)14-17/h5-10,14H,4,11-13H2,1-3H3. The van der Waals surface area contributed by atoms with E-state index in [1.165, 1.54) is 4.90 Å². The third kappa shape index (κ3) is 4.73. The van der Waals surface area contributed by atoms with E-state index in [4.69, 9.17) is 0 Å². The van der Waals surface area contributed by atoms with Gasteiger partial charge in [0, 0.05) is 45.5 Å². The first kappa shape index (κ1) is 20.8. The van der Waals surface area contributed by atoms with Gasteiger partial charge in [-0.15, -0.1) is 4.40 Å². The van der Waals surface area contributed by atoms with Gasteiger partial charge in [-0.05, 0) is 36.8 Å². The molecule has 8 nitrogen and oxygen atoms in total. The molecule has 0 saturated heterocycles. The number of likely N-dealkylation sites (N-methyl/N-ethyl adjacent to an activating group) is 1. The van der Waals surface area contributed by atoms with Crippen molar-refractivity contribution in [1.29, 1.82) is 0 Å². The fourth-order valence-corrected chi connectivity index (χ4v) is 4.04. The van der Waals surface area contributed by atoms with E-state index in [1.54, 1.807) is 54.4 Å². The first-order chi connectivity index (χ1) is 13.7. The van der Waals surface area contributed by atoms with E-state index in [9.17, 15) is 18.0 Å². The third-order valence-corrected chi connectivity index (χ3v) is 5.88. The van der Waals surface area contributed by atoms with Gasteiger partial charge in [0.25, 0.3) is 21.8 Å². The highest BCUT2D eigenvalue weighted by Gasteiger charge is 2.26. The number of sulfonamides is 1. The molecule has 3 rings (SSSR count). The van der Waals surface area contributed by atoms with Crippen LogP contribution in [0.1, 0.15) is 22.8 Å². The van der Waals surface area contributed by atoms with Crippen LogP contribution in [0.25, 0.3) is 0 Å². The maximum absolute atomic E-state index is 13.0. The van der Waals surface area contributed by atoms with Crippen molar-refractivity contribution in [3.63, 3.8) is 0 Å². The summed E-state index contributed by atoms with van der Waals surface area (Å²) >= 11 is 0. The molecule has 0 aliphatic carbocycles. The Hall–Kier alpha value is -2.94. The molecule has 0 bridgehead atoms. The van der Waals surface area contributed by atoms with Crippen LogP contribution >= 0.6 is 0 Å². The molecule has 0 aromatic heterocycles. The van der Waals surface area contributed by atoms with Crippen molar-refractivity contribution in [2.24, 2.45) is 4.40 Å². The number of carbonyl (C=O) groups excluding carboxylic acids is 2. The highest BCUT2D eigenvalue weighted by molar-refractivity contribution is 7.90. The summed E-state index contributed by atoms with van der Waals surface area (Å²) in [4.78, 5) is 29.9. The Morgan fingerprint density at radius 1 is 1.10 bits per heavy atom. The van der Waals surface area contributed by atoms with Crippen molar-refractivity contribution in [3.05, 3.63) is 59.3 Å². The SMILES string of the molecule is CCN(Cc1ccc(C(=O)N(C)C)cc1)C(=O)C1=CN2CCS(=O)(=O)N=C2C=C1. The van der Waals surface area contributed by atoms with Crippen LogP contribution in [0.15, 0.2) is 52.6 Å². The second kappa shape index (κ2) is 8.20. The molecule has 0 saturated carbocycles. The predicted octanol–water partition coefficient (Wildman–Crippen LogP) is 1.23. The van der Waals surface area contributed by atoms with Gasteiger partial charge in [0.2, 0.25) is 0 Å². The Morgan fingerprint density at radius 2 is 1.79 bits per heavy atom. The number of amides is 2. The number of carbonyl (C=O) groups is 2. The van der Waals surface area contributed by atoms with Gasteiger partial charge in [-0.1, -0.05) is 12.1 Å². The normalized spacial score (nSPS) is 17.1. The third-order valence-electron chi connectivity index (χ3n) is 4.72. The van der Waals surface area contributed by atoms with E-state index in [1.807, 2.05) is 19.1 Å². The molecule has 2 aliphatic heterocycles. The molecule has 154 valence electrons. The molecule has 0 N–H and O–H groups in total. The molecule has 0 radical (unpaired) electrons. The van der Waals surface area contributed by atoms with E-state index in [0.29, 0.717) is 30.1 Å². The quantitative estimate of drug-likeness (QED) is 0.720. The number of amidine groups is 1. The average molecular weight is 417 g/mol. The molecule has 2 aliphatic rings. The molecule has 2 heterocycles. The summed E-state index contributed by atoms with van der Waals surface area (Å²) in [5.41, 5.74) is 1.99. The van der Waals surface area contributed by atoms with Gasteiger partial charge in [0.15, 0.2) is 0 Å². The number of hydrogen-bond donors (Lipinski definition) is 0. The molecule has 29 heavy (non-hydrogen) atoms. The number of hydrogen-bond acceptors (Lipinski definition) is 5. The van der Waals surface area contributed by atoms with E-state index in [0.717, 1.165) is 5.56 Å². The van der Waals surface area contributed by atoms with Gasteiger partial charge in [0.05, 0.1) is 11.3 Å². The molecule has 0 unspecified atom stereocenters. The van der Waals surface area contributed by atoms with Crippen molar-refractivity contribution in [2.75, 3.05) is 32.9 Å². The highest BCUT2D eigenvalue weighted by Crippen LogP contribution is 2.18. The Morgan fingerprint density at radius 3 is 2.41 bits per heavy atom. The highest BCUT2D eigenvalue weighted by atomic mass is 32.2. The van der Waals surface area contributed by atoms with Gasteiger partial charge >= 0.3 is 0 Å². The Bertz CT molecular complexity index is 1010. The van der Waals surface area contributed by atoms with Crippen LogP contribution < -0.4 is 0 Å². The van der Waals surface area contributed by atoms with E-state index < -0.39 is 10.0 Å². The average Bonchev–Trinajstić information content (AvgIpc) is 2.70. The Kier molecular flexibility index (Phi) is 5.88. The first-order valence-electron chi connectivity index (χ1n) is 9.29. The summed E-state index contributed by atoms with van der Waals surface area (Å²) in [6, 6.07) is 7.20. The molecule has 0 atom stereocenters. The summed E-state index contributed by atoms with van der Waals surface area (Å²) in [7, 11) is -0.0215. The van der Waals surface area contributed by atoms with Crippen LogP contribution in [0.4, 0.5) is 0 Å². The van der Waals surface area contributed by atoms with Crippen LogP contribution in [-0.4, -0.2) is 73.7 Å².